The smallest absolute Gasteiger partial charge is 0.457 e. The average molecular weight is 539 g/mol. The molecule has 0 aromatic heterocycles. The van der Waals surface area contributed by atoms with Gasteiger partial charge in [-0.3, -0.25) is 9.52 Å². The summed E-state index contributed by atoms with van der Waals surface area (Å²) < 4.78 is 108. The highest BCUT2D eigenvalue weighted by atomic mass is 32.2. The van der Waals surface area contributed by atoms with Crippen LogP contribution in [-0.4, -0.2) is 31.3 Å². The molecule has 1 heterocycles. The van der Waals surface area contributed by atoms with Crippen LogP contribution in [0.15, 0.2) is 42.5 Å². The molecule has 6 nitrogen and oxygen atoms in total. The van der Waals surface area contributed by atoms with Gasteiger partial charge in [-0.2, -0.15) is 34.8 Å². The quantitative estimate of drug-likeness (QED) is 0.443. The standard InChI is InChI=1S/C23H24F6N2O4S/c1-21(2,3)20(32)31-12-4-5-18(31)17-13-15(30-36(33,34)23(27,28)29)8-11-19(17)35-16-9-6-14(7-10-16)22(24,25)26/h6-11,13,18,30H,4-5,12H2,1-3H3. The van der Waals surface area contributed by atoms with Crippen molar-refractivity contribution in [3.63, 3.8) is 0 Å². The van der Waals surface area contributed by atoms with E-state index in [0.717, 1.165) is 36.4 Å². The zero-order valence-electron chi connectivity index (χ0n) is 19.5. The van der Waals surface area contributed by atoms with Crippen molar-refractivity contribution >= 4 is 21.6 Å². The minimum atomic E-state index is -5.71. The Bertz CT molecular complexity index is 1220. The van der Waals surface area contributed by atoms with E-state index in [2.05, 4.69) is 0 Å². The van der Waals surface area contributed by atoms with Gasteiger partial charge in [0.05, 0.1) is 11.6 Å². The zero-order valence-corrected chi connectivity index (χ0v) is 20.3. The van der Waals surface area contributed by atoms with E-state index in [-0.39, 0.29) is 23.0 Å². The molecule has 1 saturated heterocycles. The number of alkyl halides is 6. The van der Waals surface area contributed by atoms with Gasteiger partial charge in [0.2, 0.25) is 5.91 Å². The van der Waals surface area contributed by atoms with Crippen LogP contribution in [0.25, 0.3) is 0 Å². The van der Waals surface area contributed by atoms with Crippen LogP contribution >= 0.6 is 0 Å². The Balaban J connectivity index is 2.04. The van der Waals surface area contributed by atoms with Crippen LogP contribution in [0.4, 0.5) is 32.0 Å². The summed E-state index contributed by atoms with van der Waals surface area (Å²) in [6, 6.07) is 6.52. The van der Waals surface area contributed by atoms with Gasteiger partial charge in [0.15, 0.2) is 0 Å². The fourth-order valence-corrected chi connectivity index (χ4v) is 4.33. The Morgan fingerprint density at radius 2 is 1.61 bits per heavy atom. The molecular formula is C23H24F6N2O4S. The van der Waals surface area contributed by atoms with E-state index in [1.165, 1.54) is 15.7 Å². The van der Waals surface area contributed by atoms with Gasteiger partial charge in [-0.15, -0.1) is 0 Å². The number of nitrogens with one attached hydrogen (secondary N) is 1. The molecule has 0 radical (unpaired) electrons. The zero-order chi connectivity index (χ0) is 27.1. The lowest BCUT2D eigenvalue weighted by Crippen LogP contribution is -2.39. The van der Waals surface area contributed by atoms with Crippen LogP contribution in [0.3, 0.4) is 0 Å². The molecule has 2 aromatic rings. The number of carbonyl (C=O) groups is 1. The average Bonchev–Trinajstić information content (AvgIpc) is 3.21. The number of halogens is 6. The van der Waals surface area contributed by atoms with Crippen LogP contribution in [-0.2, 0) is 21.0 Å². The van der Waals surface area contributed by atoms with Gasteiger partial charge in [0.1, 0.15) is 11.5 Å². The van der Waals surface area contributed by atoms with E-state index >= 15 is 0 Å². The molecule has 1 N–H and O–H groups in total. The van der Waals surface area contributed by atoms with Crippen LogP contribution < -0.4 is 9.46 Å². The van der Waals surface area contributed by atoms with E-state index in [0.29, 0.717) is 19.4 Å². The number of amides is 1. The minimum absolute atomic E-state index is 0.0135. The van der Waals surface area contributed by atoms with Crippen LogP contribution in [0.5, 0.6) is 11.5 Å². The summed E-state index contributed by atoms with van der Waals surface area (Å²) in [5, 5.41) is 0. The Morgan fingerprint density at radius 3 is 2.14 bits per heavy atom. The first kappa shape index (κ1) is 27.6. The summed E-state index contributed by atoms with van der Waals surface area (Å²) in [6.45, 7) is 5.48. The van der Waals surface area contributed by atoms with Gasteiger partial charge >= 0.3 is 21.7 Å². The largest absolute Gasteiger partial charge is 0.516 e. The number of carbonyl (C=O) groups excluding carboxylic acids is 1. The predicted octanol–water partition coefficient (Wildman–Crippen LogP) is 6.47. The molecule has 13 heteroatoms. The molecule has 36 heavy (non-hydrogen) atoms. The lowest BCUT2D eigenvalue weighted by atomic mass is 9.93. The van der Waals surface area contributed by atoms with E-state index in [9.17, 15) is 39.6 Å². The summed E-state index contributed by atoms with van der Waals surface area (Å²) in [5.74, 6) is -0.158. The summed E-state index contributed by atoms with van der Waals surface area (Å²) in [6.07, 6.45) is -3.57. The number of hydrogen-bond donors (Lipinski definition) is 1. The van der Waals surface area contributed by atoms with E-state index in [4.69, 9.17) is 4.74 Å². The second-order valence-electron chi connectivity index (χ2n) is 9.33. The number of benzene rings is 2. The number of hydrogen-bond acceptors (Lipinski definition) is 4. The Labute approximate surface area is 204 Å². The molecule has 1 fully saturated rings. The van der Waals surface area contributed by atoms with Crippen molar-refractivity contribution in [2.45, 2.75) is 51.3 Å². The minimum Gasteiger partial charge on any atom is -0.457 e. The Hall–Kier alpha value is -2.96. The van der Waals surface area contributed by atoms with E-state index in [1.54, 1.807) is 20.8 Å². The second-order valence-corrected chi connectivity index (χ2v) is 11.0. The second kappa shape index (κ2) is 9.49. The van der Waals surface area contributed by atoms with E-state index < -0.39 is 44.4 Å². The van der Waals surface area contributed by atoms with Gasteiger partial charge in [-0.1, -0.05) is 20.8 Å². The maximum atomic E-state index is 13.0. The molecule has 0 saturated carbocycles. The summed E-state index contributed by atoms with van der Waals surface area (Å²) in [4.78, 5) is 14.6. The molecule has 1 aliphatic rings. The molecular weight excluding hydrogens is 514 g/mol. The molecule has 0 aliphatic carbocycles. The number of nitrogens with zero attached hydrogens (tertiary/aromatic N) is 1. The topological polar surface area (TPSA) is 75.7 Å². The van der Waals surface area contributed by atoms with Gasteiger partial charge in [-0.25, -0.2) is 0 Å². The number of likely N-dealkylation sites (tertiary alicyclic amines) is 1. The summed E-state index contributed by atoms with van der Waals surface area (Å²) in [5.41, 5.74) is -7.41. The Morgan fingerprint density at radius 1 is 1.00 bits per heavy atom. The molecule has 1 atom stereocenters. The van der Waals surface area contributed by atoms with Gasteiger partial charge in [0, 0.05) is 23.2 Å². The fraction of sp³-hybridized carbons (Fsp3) is 0.435. The third-order valence-electron chi connectivity index (χ3n) is 5.49. The van der Waals surface area contributed by atoms with Crippen molar-refractivity contribution in [2.75, 3.05) is 11.3 Å². The highest BCUT2D eigenvalue weighted by Gasteiger charge is 2.46. The molecule has 1 unspecified atom stereocenters. The van der Waals surface area contributed by atoms with Crippen LogP contribution in [0, 0.1) is 5.41 Å². The first-order valence-electron chi connectivity index (χ1n) is 10.8. The number of anilines is 1. The lowest BCUT2D eigenvalue weighted by molar-refractivity contribution is -0.140. The first-order valence-corrected chi connectivity index (χ1v) is 12.3. The number of sulfonamides is 1. The first-order chi connectivity index (χ1) is 16.4. The van der Waals surface area contributed by atoms with Gasteiger partial charge < -0.3 is 9.64 Å². The molecule has 1 amide bonds. The summed E-state index contributed by atoms with van der Waals surface area (Å²) in [7, 11) is -5.71. The lowest BCUT2D eigenvalue weighted by Gasteiger charge is -2.32. The van der Waals surface area contributed by atoms with Crippen molar-refractivity contribution < 1.29 is 44.3 Å². The monoisotopic (exact) mass is 538 g/mol. The fourth-order valence-electron chi connectivity index (χ4n) is 3.78. The normalized spacial score (nSPS) is 17.2. The Kier molecular flexibility index (Phi) is 7.28. The van der Waals surface area contributed by atoms with Crippen molar-refractivity contribution in [3.05, 3.63) is 53.6 Å². The van der Waals surface area contributed by atoms with Gasteiger partial charge in [-0.05, 0) is 55.3 Å². The van der Waals surface area contributed by atoms with Gasteiger partial charge in [0.25, 0.3) is 0 Å². The van der Waals surface area contributed by atoms with E-state index in [1.807, 2.05) is 0 Å². The maximum Gasteiger partial charge on any atom is 0.516 e. The molecule has 198 valence electrons. The number of ether oxygens (including phenoxy) is 1. The maximum absolute atomic E-state index is 13.0. The van der Waals surface area contributed by atoms with Crippen LogP contribution in [0.1, 0.15) is 50.8 Å². The van der Waals surface area contributed by atoms with Crippen molar-refractivity contribution in [1.82, 2.24) is 4.90 Å². The highest BCUT2D eigenvalue weighted by Crippen LogP contribution is 2.42. The molecule has 2 aromatic carbocycles. The summed E-state index contributed by atoms with van der Waals surface area (Å²) >= 11 is 0. The number of rotatable bonds is 5. The van der Waals surface area contributed by atoms with Crippen molar-refractivity contribution in [1.29, 1.82) is 0 Å². The third-order valence-corrected chi connectivity index (χ3v) is 6.60. The SMILES string of the molecule is CC(C)(C)C(=O)N1CCCC1c1cc(NS(=O)(=O)C(F)(F)F)ccc1Oc1ccc(C(F)(F)F)cc1. The van der Waals surface area contributed by atoms with Crippen LogP contribution in [0.2, 0.25) is 0 Å². The van der Waals surface area contributed by atoms with Crippen molar-refractivity contribution in [3.8, 4) is 11.5 Å². The third kappa shape index (κ3) is 6.05. The molecule has 0 spiro atoms. The molecule has 1 aliphatic heterocycles. The molecule has 0 bridgehead atoms. The highest BCUT2D eigenvalue weighted by molar-refractivity contribution is 7.93. The predicted molar refractivity (Wildman–Crippen MR) is 120 cm³/mol. The molecule has 3 rings (SSSR count). The van der Waals surface area contributed by atoms with Crippen molar-refractivity contribution in [2.24, 2.45) is 5.41 Å².